The molecule has 3 aromatic rings. The van der Waals surface area contributed by atoms with Crippen molar-refractivity contribution in [1.29, 1.82) is 10.5 Å². The topological polar surface area (TPSA) is 89.5 Å². The molecule has 0 unspecified atom stereocenters. The Bertz CT molecular complexity index is 1530. The van der Waals surface area contributed by atoms with Gasteiger partial charge in [0.25, 0.3) is 5.91 Å². The number of nitrogens with zero attached hydrogens (tertiary/aromatic N) is 4. The molecule has 2 aliphatic rings. The second-order valence-electron chi connectivity index (χ2n) is 8.24. The first-order chi connectivity index (χ1) is 16.3. The summed E-state index contributed by atoms with van der Waals surface area (Å²) in [5.41, 5.74) is 3.09. The number of anilines is 1. The average Bonchev–Trinajstić information content (AvgIpc) is 3.36. The van der Waals surface area contributed by atoms with Crippen LogP contribution < -0.4 is 14.3 Å². The average molecular weight is 549 g/mol. The summed E-state index contributed by atoms with van der Waals surface area (Å²) in [4.78, 5) is 21.3. The van der Waals surface area contributed by atoms with Crippen LogP contribution in [0.3, 0.4) is 0 Å². The van der Waals surface area contributed by atoms with Gasteiger partial charge < -0.3 is 4.74 Å². The molecule has 0 atom stereocenters. The number of ether oxygens (including phenoxy) is 1. The predicted molar refractivity (Wildman–Crippen MR) is 137 cm³/mol. The zero-order chi connectivity index (χ0) is 24.2. The number of amides is 1. The highest BCUT2D eigenvalue weighted by molar-refractivity contribution is 9.10. The van der Waals surface area contributed by atoms with E-state index >= 15 is 0 Å². The predicted octanol–water partition coefficient (Wildman–Crippen LogP) is 6.27. The largest absolute Gasteiger partial charge is 0.494 e. The molecule has 34 heavy (non-hydrogen) atoms. The molecule has 6 nitrogen and oxygen atoms in total. The molecule has 0 radical (unpaired) electrons. The number of rotatable bonds is 3. The van der Waals surface area contributed by atoms with E-state index in [1.54, 1.807) is 31.6 Å². The van der Waals surface area contributed by atoms with Crippen LogP contribution in [-0.2, 0) is 10.3 Å². The van der Waals surface area contributed by atoms with Crippen molar-refractivity contribution in [1.82, 2.24) is 0 Å². The molecule has 1 aromatic heterocycles. The van der Waals surface area contributed by atoms with Crippen LogP contribution in [0.2, 0.25) is 0 Å². The minimum atomic E-state index is -0.687. The van der Waals surface area contributed by atoms with Gasteiger partial charge in [-0.3, -0.25) is 9.69 Å². The third-order valence-electron chi connectivity index (χ3n) is 5.86. The van der Waals surface area contributed by atoms with Gasteiger partial charge in [-0.1, -0.05) is 36.6 Å². The van der Waals surface area contributed by atoms with Crippen LogP contribution in [0.1, 0.15) is 31.2 Å². The third kappa shape index (κ3) is 3.24. The number of carbonyl (C=O) groups is 1. The molecule has 0 N–H and O–H groups in total. The molecule has 2 aromatic carbocycles. The first kappa shape index (κ1) is 22.5. The van der Waals surface area contributed by atoms with E-state index in [9.17, 15) is 15.3 Å². The maximum absolute atomic E-state index is 13.7. The van der Waals surface area contributed by atoms with Crippen molar-refractivity contribution in [2.45, 2.75) is 26.3 Å². The van der Waals surface area contributed by atoms with Crippen molar-refractivity contribution in [2.75, 3.05) is 11.5 Å². The number of hydrogen-bond donors (Lipinski definition) is 0. The summed E-state index contributed by atoms with van der Waals surface area (Å²) in [5.74, 6) is 0.235. The van der Waals surface area contributed by atoms with Gasteiger partial charge in [0.2, 0.25) is 0 Å². The Morgan fingerprint density at radius 1 is 1.15 bits per heavy atom. The Balaban J connectivity index is 1.88. The van der Waals surface area contributed by atoms with Crippen molar-refractivity contribution in [3.63, 3.8) is 0 Å². The van der Waals surface area contributed by atoms with E-state index in [1.807, 2.05) is 63.2 Å². The second kappa shape index (κ2) is 8.21. The number of allylic oxidation sites excluding steroid dienone is 1. The Labute approximate surface area is 212 Å². The van der Waals surface area contributed by atoms with Crippen LogP contribution in [-0.4, -0.2) is 12.5 Å². The monoisotopic (exact) mass is 548 g/mol. The number of carbonyl (C=O) groups excluding carboxylic acids is 1. The van der Waals surface area contributed by atoms with Gasteiger partial charge in [-0.15, -0.1) is 0 Å². The summed E-state index contributed by atoms with van der Waals surface area (Å²) in [6, 6.07) is 15.3. The Hall–Kier alpha value is -3.24. The lowest BCUT2D eigenvalue weighted by molar-refractivity contribution is -0.114. The van der Waals surface area contributed by atoms with Crippen LogP contribution in [0, 0.1) is 22.7 Å². The van der Waals surface area contributed by atoms with Crippen LogP contribution in [0.5, 0.6) is 5.75 Å². The van der Waals surface area contributed by atoms with Crippen LogP contribution in [0.4, 0.5) is 11.4 Å². The maximum Gasteiger partial charge on any atom is 0.261 e. The van der Waals surface area contributed by atoms with Crippen molar-refractivity contribution >= 4 is 59.5 Å². The van der Waals surface area contributed by atoms with Crippen molar-refractivity contribution in [2.24, 2.45) is 4.99 Å². The van der Waals surface area contributed by atoms with Gasteiger partial charge in [0.1, 0.15) is 28.1 Å². The van der Waals surface area contributed by atoms with Gasteiger partial charge in [0, 0.05) is 21.2 Å². The van der Waals surface area contributed by atoms with Crippen molar-refractivity contribution < 1.29 is 9.53 Å². The van der Waals surface area contributed by atoms with E-state index in [0.717, 1.165) is 30.8 Å². The molecular weight excluding hydrogens is 532 g/mol. The summed E-state index contributed by atoms with van der Waals surface area (Å²) < 4.78 is 7.65. The van der Waals surface area contributed by atoms with E-state index in [1.165, 1.54) is 0 Å². The lowest BCUT2D eigenvalue weighted by Gasteiger charge is -2.40. The maximum atomic E-state index is 13.7. The summed E-state index contributed by atoms with van der Waals surface area (Å²) >= 11 is 3.46. The number of benzene rings is 2. The minimum Gasteiger partial charge on any atom is -0.494 e. The smallest absolute Gasteiger partial charge is 0.261 e. The molecule has 9 heteroatoms. The summed E-state index contributed by atoms with van der Waals surface area (Å²) in [5, 5.41) is 19.2. The second-order valence-corrected chi connectivity index (χ2v) is 11.3. The van der Waals surface area contributed by atoms with Crippen LogP contribution in [0.15, 0.2) is 51.4 Å². The molecule has 0 saturated carbocycles. The molecule has 168 valence electrons. The van der Waals surface area contributed by atoms with Gasteiger partial charge in [0.05, 0.1) is 34.0 Å². The normalized spacial score (nSPS) is 15.5. The van der Waals surface area contributed by atoms with Gasteiger partial charge in [-0.05, 0) is 57.2 Å². The zero-order valence-electron chi connectivity index (χ0n) is 18.5. The first-order valence-corrected chi connectivity index (χ1v) is 13.4. The number of nitriles is 2. The van der Waals surface area contributed by atoms with Crippen molar-refractivity contribution in [3.8, 4) is 29.0 Å². The van der Waals surface area contributed by atoms with Gasteiger partial charge in [-0.25, -0.2) is 4.99 Å². The highest BCUT2D eigenvalue weighted by Gasteiger charge is 2.50. The lowest BCUT2D eigenvalue weighted by Crippen LogP contribution is -2.45. The Morgan fingerprint density at radius 2 is 1.82 bits per heavy atom. The molecule has 0 spiro atoms. The first-order valence-electron chi connectivity index (χ1n) is 10.5. The number of fused-ring (bicyclic) bond motifs is 2. The number of halogens is 1. The fourth-order valence-electron chi connectivity index (χ4n) is 4.44. The van der Waals surface area contributed by atoms with Crippen LogP contribution >= 0.6 is 36.6 Å². The highest BCUT2D eigenvalue weighted by Crippen LogP contribution is 2.57. The molecule has 0 aliphatic carbocycles. The van der Waals surface area contributed by atoms with Crippen LogP contribution in [0.25, 0.3) is 16.7 Å². The quantitative estimate of drug-likeness (QED) is 0.219. The zero-order valence-corrected chi connectivity index (χ0v) is 21.7. The van der Waals surface area contributed by atoms with E-state index < -0.39 is 5.54 Å². The van der Waals surface area contributed by atoms with Gasteiger partial charge in [0.15, 0.2) is 0 Å². The Kier molecular flexibility index (Phi) is 5.44. The molecule has 0 fully saturated rings. The molecular formula is C25H17BrN4O2S2. The lowest BCUT2D eigenvalue weighted by atomic mass is 9.87. The molecule has 3 heterocycles. The fraction of sp³-hybridized carbons (Fsp3) is 0.200. The third-order valence-corrected chi connectivity index (χ3v) is 9.02. The minimum absolute atomic E-state index is 0.126. The Morgan fingerprint density at radius 3 is 2.47 bits per heavy atom. The molecule has 1 amide bonds. The van der Waals surface area contributed by atoms with Gasteiger partial charge in [-0.2, -0.15) is 10.5 Å². The van der Waals surface area contributed by atoms with Crippen molar-refractivity contribution in [3.05, 3.63) is 61.6 Å². The molecule has 0 bridgehead atoms. The van der Waals surface area contributed by atoms with E-state index in [0.29, 0.717) is 23.6 Å². The summed E-state index contributed by atoms with van der Waals surface area (Å²) in [7, 11) is 3.15. The highest BCUT2D eigenvalue weighted by atomic mass is 79.9. The molecule has 5 rings (SSSR count). The molecule has 2 aliphatic heterocycles. The summed E-state index contributed by atoms with van der Waals surface area (Å²) in [6.07, 6.45) is 0. The SMILES string of the molecule is CCOc1cc2c3c(c1)-c1c(ssc1=Nc1ccc(Br)cc1)C(C)(C)N3C(=O)C2=C(C#N)C#N. The fourth-order valence-corrected chi connectivity index (χ4v) is 7.66. The molecule has 0 saturated heterocycles. The number of hydrogen-bond acceptors (Lipinski definition) is 7. The summed E-state index contributed by atoms with van der Waals surface area (Å²) in [6.45, 7) is 6.30. The van der Waals surface area contributed by atoms with Gasteiger partial charge >= 0.3 is 0 Å². The standard InChI is InChI=1S/C25H17BrN4O2S2/c1-4-32-16-9-17-19(13(11-27)12-28)24(31)30-21(17)18(10-16)20-22(25(30,2)3)33-34-23(20)29-15-7-5-14(26)6-8-15/h5-10H,4H2,1-3H3. The van der Waals surface area contributed by atoms with E-state index in [2.05, 4.69) is 15.9 Å². The van der Waals surface area contributed by atoms with E-state index in [-0.39, 0.29) is 17.1 Å². The van der Waals surface area contributed by atoms with E-state index in [4.69, 9.17) is 9.73 Å².